The summed E-state index contributed by atoms with van der Waals surface area (Å²) >= 11 is 0. The van der Waals surface area contributed by atoms with Gasteiger partial charge in [-0.15, -0.1) is 0 Å². The molecule has 0 saturated heterocycles. The molecule has 0 aliphatic carbocycles. The van der Waals surface area contributed by atoms with Gasteiger partial charge in [-0.3, -0.25) is 4.79 Å². The normalized spacial score (nSPS) is 12.9. The van der Waals surface area contributed by atoms with Crippen molar-refractivity contribution in [3.05, 3.63) is 0 Å². The average Bonchev–Trinajstić information content (AvgIpc) is 2.26. The molecule has 3 N–H and O–H groups in total. The summed E-state index contributed by atoms with van der Waals surface area (Å²) in [5.74, 6) is -0.842. The Morgan fingerprint density at radius 1 is 1.29 bits per heavy atom. The van der Waals surface area contributed by atoms with E-state index in [4.69, 9.17) is 5.11 Å². The van der Waals surface area contributed by atoms with E-state index in [0.717, 1.165) is 12.8 Å². The SMILES string of the molecule is CCC(C)(CC)NC(=O)NC(C)CCC(=O)O. The van der Waals surface area contributed by atoms with Gasteiger partial charge >= 0.3 is 12.0 Å². The van der Waals surface area contributed by atoms with Crippen LogP contribution in [0.3, 0.4) is 0 Å². The molecule has 0 aliphatic heterocycles. The van der Waals surface area contributed by atoms with Crippen LogP contribution in [-0.2, 0) is 4.79 Å². The fourth-order valence-corrected chi connectivity index (χ4v) is 1.37. The first-order valence-electron chi connectivity index (χ1n) is 6.13. The van der Waals surface area contributed by atoms with Crippen LogP contribution in [0.2, 0.25) is 0 Å². The van der Waals surface area contributed by atoms with Crippen LogP contribution < -0.4 is 10.6 Å². The standard InChI is InChI=1S/C12H24N2O3/c1-5-12(4,6-2)14-11(17)13-9(3)7-8-10(15)16/h9H,5-8H2,1-4H3,(H,15,16)(H2,13,14,17). The van der Waals surface area contributed by atoms with Gasteiger partial charge in [0.25, 0.3) is 0 Å². The molecule has 0 aromatic heterocycles. The Balaban J connectivity index is 4.04. The molecule has 0 radical (unpaired) electrons. The number of hydrogen-bond acceptors (Lipinski definition) is 2. The molecule has 0 heterocycles. The fraction of sp³-hybridized carbons (Fsp3) is 0.833. The van der Waals surface area contributed by atoms with Crippen molar-refractivity contribution in [2.45, 2.75) is 65.0 Å². The van der Waals surface area contributed by atoms with Gasteiger partial charge in [-0.1, -0.05) is 13.8 Å². The van der Waals surface area contributed by atoms with Gasteiger partial charge in [-0.05, 0) is 33.1 Å². The van der Waals surface area contributed by atoms with Gasteiger partial charge in [0.05, 0.1) is 0 Å². The Hall–Kier alpha value is -1.26. The first-order valence-corrected chi connectivity index (χ1v) is 6.13. The van der Waals surface area contributed by atoms with Gasteiger partial charge in [0.2, 0.25) is 0 Å². The zero-order valence-corrected chi connectivity index (χ0v) is 11.2. The van der Waals surface area contributed by atoms with E-state index in [1.165, 1.54) is 0 Å². The number of hydrogen-bond donors (Lipinski definition) is 3. The maximum absolute atomic E-state index is 11.7. The molecule has 17 heavy (non-hydrogen) atoms. The number of rotatable bonds is 7. The lowest BCUT2D eigenvalue weighted by Gasteiger charge is -2.29. The van der Waals surface area contributed by atoms with Crippen molar-refractivity contribution in [3.8, 4) is 0 Å². The maximum Gasteiger partial charge on any atom is 0.315 e. The number of carbonyl (C=O) groups is 2. The number of nitrogens with one attached hydrogen (secondary N) is 2. The Bertz CT molecular complexity index is 262. The Labute approximate surface area is 103 Å². The lowest BCUT2D eigenvalue weighted by atomic mass is 9.96. The number of amides is 2. The van der Waals surface area contributed by atoms with E-state index in [2.05, 4.69) is 10.6 Å². The highest BCUT2D eigenvalue weighted by atomic mass is 16.4. The lowest BCUT2D eigenvalue weighted by Crippen LogP contribution is -2.51. The molecule has 1 atom stereocenters. The molecule has 2 amide bonds. The summed E-state index contributed by atoms with van der Waals surface area (Å²) in [4.78, 5) is 22.0. The Morgan fingerprint density at radius 2 is 1.82 bits per heavy atom. The summed E-state index contributed by atoms with van der Waals surface area (Å²) in [6.07, 6.45) is 2.23. The maximum atomic E-state index is 11.7. The summed E-state index contributed by atoms with van der Waals surface area (Å²) < 4.78 is 0. The molecule has 0 saturated carbocycles. The summed E-state index contributed by atoms with van der Waals surface area (Å²) in [7, 11) is 0. The van der Waals surface area contributed by atoms with Crippen LogP contribution in [0.5, 0.6) is 0 Å². The van der Waals surface area contributed by atoms with Crippen LogP contribution in [0.1, 0.15) is 53.4 Å². The molecule has 1 unspecified atom stereocenters. The van der Waals surface area contributed by atoms with E-state index in [0.29, 0.717) is 6.42 Å². The van der Waals surface area contributed by atoms with Crippen LogP contribution in [0.15, 0.2) is 0 Å². The molecule has 0 spiro atoms. The van der Waals surface area contributed by atoms with Crippen molar-refractivity contribution < 1.29 is 14.7 Å². The quantitative estimate of drug-likeness (QED) is 0.642. The first kappa shape index (κ1) is 15.7. The van der Waals surface area contributed by atoms with Crippen LogP contribution in [0, 0.1) is 0 Å². The predicted octanol–water partition coefficient (Wildman–Crippen LogP) is 2.12. The molecule has 0 fully saturated rings. The minimum atomic E-state index is -0.842. The molecule has 5 nitrogen and oxygen atoms in total. The summed E-state index contributed by atoms with van der Waals surface area (Å²) in [6, 6.07) is -0.363. The third kappa shape index (κ3) is 6.81. The predicted molar refractivity (Wildman–Crippen MR) is 67.0 cm³/mol. The van der Waals surface area contributed by atoms with Crippen LogP contribution in [-0.4, -0.2) is 28.7 Å². The highest BCUT2D eigenvalue weighted by Gasteiger charge is 2.22. The highest BCUT2D eigenvalue weighted by Crippen LogP contribution is 2.13. The van der Waals surface area contributed by atoms with E-state index in [-0.39, 0.29) is 24.0 Å². The zero-order valence-electron chi connectivity index (χ0n) is 11.2. The van der Waals surface area contributed by atoms with Crippen molar-refractivity contribution in [3.63, 3.8) is 0 Å². The van der Waals surface area contributed by atoms with Crippen molar-refractivity contribution in [2.24, 2.45) is 0 Å². The van der Waals surface area contributed by atoms with Gasteiger partial charge < -0.3 is 15.7 Å². The molecule has 0 rings (SSSR count). The van der Waals surface area contributed by atoms with Crippen molar-refractivity contribution in [1.82, 2.24) is 10.6 Å². The molecule has 5 heteroatoms. The van der Waals surface area contributed by atoms with Gasteiger partial charge in [0.1, 0.15) is 0 Å². The Morgan fingerprint density at radius 3 is 2.24 bits per heavy atom. The minimum Gasteiger partial charge on any atom is -0.481 e. The average molecular weight is 244 g/mol. The second-order valence-corrected chi connectivity index (χ2v) is 4.70. The van der Waals surface area contributed by atoms with Gasteiger partial charge in [0.15, 0.2) is 0 Å². The highest BCUT2D eigenvalue weighted by molar-refractivity contribution is 5.75. The third-order valence-electron chi connectivity index (χ3n) is 3.14. The largest absolute Gasteiger partial charge is 0.481 e. The molecule has 0 aliphatic rings. The molecule has 0 bridgehead atoms. The van der Waals surface area contributed by atoms with Crippen LogP contribution >= 0.6 is 0 Å². The Kier molecular flexibility index (Phi) is 6.61. The number of carboxylic acid groups (broad SMARTS) is 1. The molecule has 0 aromatic rings. The van der Waals surface area contributed by atoms with Crippen LogP contribution in [0.25, 0.3) is 0 Å². The fourth-order valence-electron chi connectivity index (χ4n) is 1.37. The smallest absolute Gasteiger partial charge is 0.315 e. The van der Waals surface area contributed by atoms with E-state index < -0.39 is 5.97 Å². The minimum absolute atomic E-state index is 0.0697. The summed E-state index contributed by atoms with van der Waals surface area (Å²) in [6.45, 7) is 7.85. The number of carbonyl (C=O) groups excluding carboxylic acids is 1. The summed E-state index contributed by atoms with van der Waals surface area (Å²) in [5, 5.41) is 14.2. The molecular formula is C12H24N2O3. The third-order valence-corrected chi connectivity index (χ3v) is 3.14. The molecule has 100 valence electrons. The van der Waals surface area contributed by atoms with E-state index >= 15 is 0 Å². The van der Waals surface area contributed by atoms with Crippen molar-refractivity contribution in [2.75, 3.05) is 0 Å². The van der Waals surface area contributed by atoms with Gasteiger partial charge in [-0.2, -0.15) is 0 Å². The second-order valence-electron chi connectivity index (χ2n) is 4.70. The lowest BCUT2D eigenvalue weighted by molar-refractivity contribution is -0.137. The summed E-state index contributed by atoms with van der Waals surface area (Å²) in [5.41, 5.74) is -0.198. The number of aliphatic carboxylic acids is 1. The zero-order chi connectivity index (χ0) is 13.5. The number of carboxylic acids is 1. The van der Waals surface area contributed by atoms with Crippen molar-refractivity contribution >= 4 is 12.0 Å². The van der Waals surface area contributed by atoms with Gasteiger partial charge in [0, 0.05) is 18.0 Å². The van der Waals surface area contributed by atoms with E-state index in [1.54, 1.807) is 6.92 Å². The topological polar surface area (TPSA) is 78.4 Å². The van der Waals surface area contributed by atoms with Crippen LogP contribution in [0.4, 0.5) is 4.79 Å². The monoisotopic (exact) mass is 244 g/mol. The van der Waals surface area contributed by atoms with Gasteiger partial charge in [-0.25, -0.2) is 4.79 Å². The number of urea groups is 1. The second kappa shape index (κ2) is 7.14. The van der Waals surface area contributed by atoms with E-state index in [1.807, 2.05) is 20.8 Å². The molecule has 0 aromatic carbocycles. The molecular weight excluding hydrogens is 220 g/mol. The first-order chi connectivity index (χ1) is 7.83. The van der Waals surface area contributed by atoms with Crippen molar-refractivity contribution in [1.29, 1.82) is 0 Å². The van der Waals surface area contributed by atoms with E-state index in [9.17, 15) is 9.59 Å².